The molecule has 5 nitrogen and oxygen atoms in total. The molecule has 0 aliphatic heterocycles. The number of carbonyl (C=O) groups is 1. The second-order valence-electron chi connectivity index (χ2n) is 5.08. The second-order valence-corrected chi connectivity index (χ2v) is 6.15. The van der Waals surface area contributed by atoms with Gasteiger partial charge in [-0.25, -0.2) is 9.59 Å². The summed E-state index contributed by atoms with van der Waals surface area (Å²) < 4.78 is 1.75. The Hall–Kier alpha value is -1.69. The van der Waals surface area contributed by atoms with Crippen molar-refractivity contribution in [3.8, 4) is 0 Å². The fraction of sp³-hybridized carbons (Fsp3) is 0.429. The van der Waals surface area contributed by atoms with Crippen molar-refractivity contribution in [3.05, 3.63) is 34.2 Å². The molecular weight excluding hydrogens is 276 g/mol. The summed E-state index contributed by atoms with van der Waals surface area (Å²) in [5.41, 5.74) is 1.06. The van der Waals surface area contributed by atoms with E-state index in [4.69, 9.17) is 0 Å². The molecule has 0 saturated heterocycles. The minimum absolute atomic E-state index is 0.148. The van der Waals surface area contributed by atoms with E-state index in [0.717, 1.165) is 19.3 Å². The molecule has 1 aromatic carbocycles. The van der Waals surface area contributed by atoms with E-state index in [1.54, 1.807) is 22.4 Å². The Balaban J connectivity index is 2.22. The van der Waals surface area contributed by atoms with Crippen LogP contribution in [0.3, 0.4) is 0 Å². The maximum absolute atomic E-state index is 12.3. The van der Waals surface area contributed by atoms with Crippen LogP contribution in [-0.2, 0) is 0 Å². The molecule has 2 atom stereocenters. The lowest BCUT2D eigenvalue weighted by molar-refractivity contribution is 0.0699. The Kier molecular flexibility index (Phi) is 3.33. The number of para-hydroxylation sites is 1. The van der Waals surface area contributed by atoms with Crippen molar-refractivity contribution in [2.75, 3.05) is 6.26 Å². The number of rotatable bonds is 3. The fourth-order valence-electron chi connectivity index (χ4n) is 3.13. The van der Waals surface area contributed by atoms with Crippen molar-refractivity contribution in [3.63, 3.8) is 0 Å². The average molecular weight is 292 g/mol. The van der Waals surface area contributed by atoms with Crippen molar-refractivity contribution >= 4 is 28.8 Å². The molecule has 3 rings (SSSR count). The van der Waals surface area contributed by atoms with Gasteiger partial charge >= 0.3 is 11.7 Å². The van der Waals surface area contributed by atoms with E-state index < -0.39 is 5.97 Å². The third-order valence-electron chi connectivity index (χ3n) is 4.04. The third kappa shape index (κ3) is 1.95. The molecule has 2 N–H and O–H groups in total. The zero-order valence-electron chi connectivity index (χ0n) is 11.1. The third-order valence-corrected chi connectivity index (χ3v) is 5.19. The van der Waals surface area contributed by atoms with E-state index in [1.165, 1.54) is 6.07 Å². The SMILES string of the molecule is CSC1CCCC1n1c(=O)[nH]c2c(C(=O)O)cccc21. The molecule has 106 valence electrons. The number of nitrogens with zero attached hydrogens (tertiary/aromatic N) is 1. The first-order chi connectivity index (χ1) is 9.63. The van der Waals surface area contributed by atoms with Crippen LogP contribution >= 0.6 is 11.8 Å². The van der Waals surface area contributed by atoms with Crippen LogP contribution in [0.5, 0.6) is 0 Å². The molecule has 20 heavy (non-hydrogen) atoms. The molecule has 2 aromatic rings. The molecule has 1 fully saturated rings. The van der Waals surface area contributed by atoms with Gasteiger partial charge in [-0.05, 0) is 31.2 Å². The molecule has 2 unspecified atom stereocenters. The van der Waals surface area contributed by atoms with Gasteiger partial charge in [-0.3, -0.25) is 4.57 Å². The quantitative estimate of drug-likeness (QED) is 0.911. The summed E-state index contributed by atoms with van der Waals surface area (Å²) in [6.07, 6.45) is 5.23. The summed E-state index contributed by atoms with van der Waals surface area (Å²) in [7, 11) is 0. The van der Waals surface area contributed by atoms with Gasteiger partial charge < -0.3 is 10.1 Å². The highest BCUT2D eigenvalue weighted by Gasteiger charge is 2.30. The van der Waals surface area contributed by atoms with Gasteiger partial charge in [0, 0.05) is 5.25 Å². The summed E-state index contributed by atoms with van der Waals surface area (Å²) >= 11 is 1.78. The largest absolute Gasteiger partial charge is 0.478 e. The Labute approximate surface area is 120 Å². The molecular formula is C14H16N2O3S. The monoisotopic (exact) mass is 292 g/mol. The lowest BCUT2D eigenvalue weighted by atomic mass is 10.1. The lowest BCUT2D eigenvalue weighted by Gasteiger charge is -2.19. The second kappa shape index (κ2) is 5.01. The Morgan fingerprint density at radius 3 is 2.95 bits per heavy atom. The number of benzene rings is 1. The van der Waals surface area contributed by atoms with Crippen molar-refractivity contribution < 1.29 is 9.90 Å². The van der Waals surface area contributed by atoms with Gasteiger partial charge in [-0.2, -0.15) is 11.8 Å². The number of hydrogen-bond acceptors (Lipinski definition) is 3. The van der Waals surface area contributed by atoms with E-state index in [-0.39, 0.29) is 17.3 Å². The van der Waals surface area contributed by atoms with Crippen LogP contribution in [0.4, 0.5) is 0 Å². The lowest BCUT2D eigenvalue weighted by Crippen LogP contribution is -2.25. The molecule has 1 aliphatic rings. The fourth-order valence-corrected chi connectivity index (χ4v) is 4.11. The highest BCUT2D eigenvalue weighted by Crippen LogP contribution is 2.38. The molecule has 0 radical (unpaired) electrons. The number of imidazole rings is 1. The first kappa shape index (κ1) is 13.3. The van der Waals surface area contributed by atoms with Crippen LogP contribution < -0.4 is 5.69 Å². The van der Waals surface area contributed by atoms with Gasteiger partial charge in [-0.15, -0.1) is 0 Å². The first-order valence-electron chi connectivity index (χ1n) is 6.63. The first-order valence-corrected chi connectivity index (χ1v) is 7.91. The van der Waals surface area contributed by atoms with Gasteiger partial charge in [-0.1, -0.05) is 12.5 Å². The van der Waals surface area contributed by atoms with Crippen molar-refractivity contribution in [2.45, 2.75) is 30.6 Å². The van der Waals surface area contributed by atoms with Gasteiger partial charge in [0.2, 0.25) is 0 Å². The number of aromatic carboxylic acids is 1. The van der Waals surface area contributed by atoms with Crippen LogP contribution in [0.2, 0.25) is 0 Å². The van der Waals surface area contributed by atoms with Crippen molar-refractivity contribution in [1.29, 1.82) is 0 Å². The molecule has 1 heterocycles. The zero-order chi connectivity index (χ0) is 14.3. The van der Waals surface area contributed by atoms with E-state index in [0.29, 0.717) is 16.3 Å². The maximum atomic E-state index is 12.3. The van der Waals surface area contributed by atoms with E-state index >= 15 is 0 Å². The number of H-pyrrole nitrogens is 1. The molecule has 6 heteroatoms. The highest BCUT2D eigenvalue weighted by atomic mass is 32.2. The standard InChI is InChI=1S/C14H16N2O3S/c1-20-11-7-3-5-9(11)16-10-6-2-4-8(13(17)18)12(10)15-14(16)19/h2,4,6,9,11H,3,5,7H2,1H3,(H,15,19)(H,17,18). The predicted molar refractivity (Wildman–Crippen MR) is 79.7 cm³/mol. The minimum atomic E-state index is -1.02. The van der Waals surface area contributed by atoms with E-state index in [9.17, 15) is 14.7 Å². The molecule has 0 amide bonds. The summed E-state index contributed by atoms with van der Waals surface area (Å²) in [6, 6.07) is 5.18. The smallest absolute Gasteiger partial charge is 0.337 e. The molecule has 1 aliphatic carbocycles. The number of fused-ring (bicyclic) bond motifs is 1. The Morgan fingerprint density at radius 1 is 1.45 bits per heavy atom. The van der Waals surface area contributed by atoms with Crippen LogP contribution in [-0.4, -0.2) is 32.1 Å². The zero-order valence-corrected chi connectivity index (χ0v) is 11.9. The molecule has 1 aromatic heterocycles. The summed E-state index contributed by atoms with van der Waals surface area (Å²) in [5, 5.41) is 9.63. The average Bonchev–Trinajstić information content (AvgIpc) is 2.99. The van der Waals surface area contributed by atoms with E-state index in [1.807, 2.05) is 6.07 Å². The van der Waals surface area contributed by atoms with E-state index in [2.05, 4.69) is 11.2 Å². The minimum Gasteiger partial charge on any atom is -0.478 e. The number of aromatic amines is 1. The number of aromatic nitrogens is 2. The number of thioether (sulfide) groups is 1. The molecule has 0 spiro atoms. The van der Waals surface area contributed by atoms with Crippen LogP contribution in [0.15, 0.2) is 23.0 Å². The summed E-state index contributed by atoms with van der Waals surface area (Å²) in [6.45, 7) is 0. The van der Waals surface area contributed by atoms with Gasteiger partial charge in [0.1, 0.15) is 0 Å². The Bertz CT molecular complexity index is 719. The Morgan fingerprint density at radius 2 is 2.25 bits per heavy atom. The highest BCUT2D eigenvalue weighted by molar-refractivity contribution is 7.99. The number of carboxylic acid groups (broad SMARTS) is 1. The molecule has 0 bridgehead atoms. The topological polar surface area (TPSA) is 75.1 Å². The molecule has 1 saturated carbocycles. The summed E-state index contributed by atoms with van der Waals surface area (Å²) in [4.78, 5) is 26.2. The van der Waals surface area contributed by atoms with Crippen molar-refractivity contribution in [2.24, 2.45) is 0 Å². The summed E-state index contributed by atoms with van der Waals surface area (Å²) in [5.74, 6) is -1.02. The van der Waals surface area contributed by atoms with Gasteiger partial charge in [0.15, 0.2) is 0 Å². The predicted octanol–water partition coefficient (Wildman–Crippen LogP) is 2.48. The van der Waals surface area contributed by atoms with Crippen molar-refractivity contribution in [1.82, 2.24) is 9.55 Å². The number of carboxylic acids is 1. The number of nitrogens with one attached hydrogen (secondary N) is 1. The normalized spacial score (nSPS) is 22.4. The van der Waals surface area contributed by atoms with Crippen LogP contribution in [0.25, 0.3) is 11.0 Å². The van der Waals surface area contributed by atoms with Crippen LogP contribution in [0.1, 0.15) is 35.7 Å². The van der Waals surface area contributed by atoms with Gasteiger partial charge in [0.05, 0.1) is 22.6 Å². The maximum Gasteiger partial charge on any atom is 0.337 e. The van der Waals surface area contributed by atoms with Gasteiger partial charge in [0.25, 0.3) is 0 Å². The number of hydrogen-bond donors (Lipinski definition) is 2. The van der Waals surface area contributed by atoms with Crippen LogP contribution in [0, 0.1) is 0 Å².